The summed E-state index contributed by atoms with van der Waals surface area (Å²) < 4.78 is 43.9. The van der Waals surface area contributed by atoms with Crippen molar-refractivity contribution in [3.05, 3.63) is 58.1 Å². The molecule has 1 unspecified atom stereocenters. The Kier molecular flexibility index (Phi) is 5.73. The van der Waals surface area contributed by atoms with Gasteiger partial charge in [0, 0.05) is 12.0 Å². The molecule has 3 rings (SSSR count). The van der Waals surface area contributed by atoms with Crippen molar-refractivity contribution in [3.63, 3.8) is 0 Å². The molecule has 28 heavy (non-hydrogen) atoms. The molecule has 5 nitrogen and oxygen atoms in total. The van der Waals surface area contributed by atoms with Gasteiger partial charge < -0.3 is 9.47 Å². The van der Waals surface area contributed by atoms with Gasteiger partial charge in [-0.3, -0.25) is 4.55 Å². The van der Waals surface area contributed by atoms with Crippen molar-refractivity contribution in [2.24, 2.45) is 0 Å². The molecule has 6 heteroatoms. The van der Waals surface area contributed by atoms with Gasteiger partial charge in [0.05, 0.1) is 5.75 Å². The van der Waals surface area contributed by atoms with Crippen LogP contribution in [0.5, 0.6) is 11.5 Å². The van der Waals surface area contributed by atoms with E-state index in [4.69, 9.17) is 14.0 Å². The molecular formula is C22H28O5S. The van der Waals surface area contributed by atoms with E-state index in [2.05, 4.69) is 6.92 Å². The summed E-state index contributed by atoms with van der Waals surface area (Å²) in [4.78, 5) is 0. The molecule has 0 saturated heterocycles. The highest BCUT2D eigenvalue weighted by Gasteiger charge is 2.35. The number of benzene rings is 2. The number of ether oxygens (including phenoxy) is 2. The van der Waals surface area contributed by atoms with Crippen LogP contribution >= 0.6 is 0 Å². The van der Waals surface area contributed by atoms with Crippen LogP contribution in [-0.4, -0.2) is 24.3 Å². The van der Waals surface area contributed by atoms with E-state index in [9.17, 15) is 8.42 Å². The molecule has 0 bridgehead atoms. The maximum absolute atomic E-state index is 11.2. The standard InChI is InChI=1S/C22H28O5S/c1-15-16(2)21-19(10-11-22(4,27-21)12-13-28(23,24)25)17(3)20(15)26-14-18-8-6-5-7-9-18/h5-9H,10-14H2,1-4H3,(H,23,24,25). The Labute approximate surface area is 167 Å². The van der Waals surface area contributed by atoms with Crippen molar-refractivity contribution in [2.75, 3.05) is 5.75 Å². The molecule has 0 fully saturated rings. The molecule has 1 aliphatic rings. The van der Waals surface area contributed by atoms with Crippen LogP contribution in [0.4, 0.5) is 0 Å². The third-order valence-electron chi connectivity index (χ3n) is 5.68. The lowest BCUT2D eigenvalue weighted by atomic mass is 9.86. The molecule has 1 N–H and O–H groups in total. The maximum Gasteiger partial charge on any atom is 0.265 e. The monoisotopic (exact) mass is 404 g/mol. The highest BCUT2D eigenvalue weighted by Crippen LogP contribution is 2.44. The van der Waals surface area contributed by atoms with E-state index < -0.39 is 15.7 Å². The number of hydrogen-bond acceptors (Lipinski definition) is 4. The first kappa shape index (κ1) is 20.7. The van der Waals surface area contributed by atoms with Gasteiger partial charge in [-0.2, -0.15) is 8.42 Å². The minimum atomic E-state index is -4.01. The zero-order valence-corrected chi connectivity index (χ0v) is 17.7. The smallest absolute Gasteiger partial charge is 0.265 e. The Bertz CT molecular complexity index is 966. The van der Waals surface area contributed by atoms with Gasteiger partial charge in [0.25, 0.3) is 10.1 Å². The van der Waals surface area contributed by atoms with Crippen molar-refractivity contribution in [1.82, 2.24) is 0 Å². The molecule has 0 spiro atoms. The van der Waals surface area contributed by atoms with E-state index in [1.165, 1.54) is 0 Å². The van der Waals surface area contributed by atoms with E-state index in [1.54, 1.807) is 0 Å². The summed E-state index contributed by atoms with van der Waals surface area (Å²) >= 11 is 0. The fourth-order valence-corrected chi connectivity index (χ4v) is 4.44. The molecule has 0 aliphatic carbocycles. The van der Waals surface area contributed by atoms with Crippen LogP contribution in [0.15, 0.2) is 30.3 Å². The van der Waals surface area contributed by atoms with Gasteiger partial charge in [-0.1, -0.05) is 30.3 Å². The predicted octanol–water partition coefficient (Wildman–Crippen LogP) is 4.55. The zero-order chi connectivity index (χ0) is 20.5. The van der Waals surface area contributed by atoms with E-state index >= 15 is 0 Å². The molecule has 2 aromatic carbocycles. The van der Waals surface area contributed by atoms with Crippen LogP contribution in [0.3, 0.4) is 0 Å². The quantitative estimate of drug-likeness (QED) is 0.715. The van der Waals surface area contributed by atoms with E-state index in [1.807, 2.05) is 51.1 Å². The first-order valence-corrected chi connectivity index (χ1v) is 11.1. The Morgan fingerprint density at radius 2 is 1.79 bits per heavy atom. The minimum absolute atomic E-state index is 0.259. The Balaban J connectivity index is 1.86. The van der Waals surface area contributed by atoms with Crippen LogP contribution in [0, 0.1) is 20.8 Å². The predicted molar refractivity (Wildman–Crippen MR) is 110 cm³/mol. The minimum Gasteiger partial charge on any atom is -0.488 e. The lowest BCUT2D eigenvalue weighted by Crippen LogP contribution is -2.38. The van der Waals surface area contributed by atoms with E-state index in [0.29, 0.717) is 13.0 Å². The van der Waals surface area contributed by atoms with Gasteiger partial charge in [0.2, 0.25) is 0 Å². The second kappa shape index (κ2) is 7.76. The first-order chi connectivity index (χ1) is 13.1. The van der Waals surface area contributed by atoms with Crippen molar-refractivity contribution < 1.29 is 22.4 Å². The number of rotatable bonds is 6. The van der Waals surface area contributed by atoms with Crippen molar-refractivity contribution in [2.45, 2.75) is 59.2 Å². The van der Waals surface area contributed by atoms with Crippen molar-refractivity contribution in [1.29, 1.82) is 0 Å². The summed E-state index contributed by atoms with van der Waals surface area (Å²) in [6, 6.07) is 10.1. The summed E-state index contributed by atoms with van der Waals surface area (Å²) in [5.41, 5.74) is 4.75. The highest BCUT2D eigenvalue weighted by molar-refractivity contribution is 7.85. The molecule has 1 atom stereocenters. The summed E-state index contributed by atoms with van der Waals surface area (Å²) in [6.45, 7) is 8.50. The summed E-state index contributed by atoms with van der Waals surface area (Å²) in [5, 5.41) is 0. The average Bonchev–Trinajstić information content (AvgIpc) is 2.65. The Morgan fingerprint density at radius 1 is 1.11 bits per heavy atom. The molecular weight excluding hydrogens is 376 g/mol. The van der Waals surface area contributed by atoms with E-state index in [0.717, 1.165) is 45.7 Å². The second-order valence-corrected chi connectivity index (χ2v) is 9.45. The van der Waals surface area contributed by atoms with Gasteiger partial charge in [-0.05, 0) is 62.8 Å². The fourth-order valence-electron chi connectivity index (χ4n) is 3.75. The van der Waals surface area contributed by atoms with Crippen LogP contribution in [0.1, 0.15) is 47.6 Å². The number of fused-ring (bicyclic) bond motifs is 1. The van der Waals surface area contributed by atoms with Crippen molar-refractivity contribution >= 4 is 10.1 Å². The Hall–Kier alpha value is -2.05. The maximum atomic E-state index is 11.2. The van der Waals surface area contributed by atoms with Crippen LogP contribution in [-0.2, 0) is 23.1 Å². The van der Waals surface area contributed by atoms with Crippen molar-refractivity contribution in [3.8, 4) is 11.5 Å². The molecule has 0 saturated carbocycles. The van der Waals surface area contributed by atoms with E-state index in [-0.39, 0.29) is 12.2 Å². The largest absolute Gasteiger partial charge is 0.488 e. The van der Waals surface area contributed by atoms with Crippen LogP contribution in [0.2, 0.25) is 0 Å². The summed E-state index contributed by atoms with van der Waals surface area (Å²) in [7, 11) is -4.01. The summed E-state index contributed by atoms with van der Waals surface area (Å²) in [5.74, 6) is 1.42. The Morgan fingerprint density at radius 3 is 2.43 bits per heavy atom. The van der Waals surface area contributed by atoms with Gasteiger partial charge in [0.1, 0.15) is 23.7 Å². The molecule has 1 aliphatic heterocycles. The molecule has 0 amide bonds. The van der Waals surface area contributed by atoms with Crippen LogP contribution < -0.4 is 9.47 Å². The highest BCUT2D eigenvalue weighted by atomic mass is 32.2. The van der Waals surface area contributed by atoms with Crippen LogP contribution in [0.25, 0.3) is 0 Å². The zero-order valence-electron chi connectivity index (χ0n) is 16.9. The average molecular weight is 405 g/mol. The molecule has 0 aromatic heterocycles. The summed E-state index contributed by atoms with van der Waals surface area (Å²) in [6.07, 6.45) is 1.73. The first-order valence-electron chi connectivity index (χ1n) is 9.53. The molecule has 2 aromatic rings. The lowest BCUT2D eigenvalue weighted by Gasteiger charge is -2.38. The van der Waals surface area contributed by atoms with Gasteiger partial charge in [-0.25, -0.2) is 0 Å². The van der Waals surface area contributed by atoms with Gasteiger partial charge >= 0.3 is 0 Å². The number of hydrogen-bond donors (Lipinski definition) is 1. The third kappa shape index (κ3) is 4.50. The lowest BCUT2D eigenvalue weighted by molar-refractivity contribution is 0.0601. The van der Waals surface area contributed by atoms with Gasteiger partial charge in [-0.15, -0.1) is 0 Å². The normalized spacial score (nSPS) is 19.0. The molecule has 1 heterocycles. The molecule has 0 radical (unpaired) electrons. The topological polar surface area (TPSA) is 72.8 Å². The molecule has 152 valence electrons. The van der Waals surface area contributed by atoms with Gasteiger partial charge in [0.15, 0.2) is 0 Å². The fraction of sp³-hybridized carbons (Fsp3) is 0.455. The second-order valence-electron chi connectivity index (χ2n) is 7.87. The SMILES string of the molecule is Cc1c(C)c2c(c(C)c1OCc1ccccc1)CCC(C)(CCS(=O)(=O)O)O2. The third-order valence-corrected chi connectivity index (χ3v) is 6.40.